The van der Waals surface area contributed by atoms with Crippen molar-refractivity contribution < 1.29 is 42.8 Å². The molecule has 0 aromatic carbocycles. The van der Waals surface area contributed by atoms with Gasteiger partial charge < -0.3 is 28.4 Å². The molecule has 36 heavy (non-hydrogen) atoms. The standard InChI is InChI=1S/C27H48O9/c1-19(2)11-8-16-31-25(28)34-22-14-7-15-23(35-26(29)32-17-9-12-20(3)4)24(22)36-27(30)33-18-10-13-21(5)6/h19-24H,7-18H2,1-6H3. The third-order valence-corrected chi connectivity index (χ3v) is 5.87. The molecule has 0 spiro atoms. The maximum atomic E-state index is 12.4. The van der Waals surface area contributed by atoms with Crippen LogP contribution in [0.2, 0.25) is 0 Å². The fourth-order valence-electron chi connectivity index (χ4n) is 3.89. The van der Waals surface area contributed by atoms with Crippen molar-refractivity contribution in [2.45, 2.75) is 118 Å². The van der Waals surface area contributed by atoms with Crippen LogP contribution in [0.5, 0.6) is 0 Å². The lowest BCUT2D eigenvalue weighted by Crippen LogP contribution is -2.48. The molecule has 210 valence electrons. The van der Waals surface area contributed by atoms with Gasteiger partial charge in [0, 0.05) is 0 Å². The van der Waals surface area contributed by atoms with Gasteiger partial charge in [-0.25, -0.2) is 14.4 Å². The first kappa shape index (κ1) is 31.8. The van der Waals surface area contributed by atoms with Crippen molar-refractivity contribution in [1.82, 2.24) is 0 Å². The molecule has 1 rings (SSSR count). The number of carbonyl (C=O) groups is 3. The average molecular weight is 517 g/mol. The van der Waals surface area contributed by atoms with Gasteiger partial charge in [-0.1, -0.05) is 41.5 Å². The molecule has 1 saturated carbocycles. The number of hydrogen-bond donors (Lipinski definition) is 0. The lowest BCUT2D eigenvalue weighted by Gasteiger charge is -2.35. The van der Waals surface area contributed by atoms with Gasteiger partial charge in [0.2, 0.25) is 0 Å². The molecule has 0 amide bonds. The molecular weight excluding hydrogens is 468 g/mol. The van der Waals surface area contributed by atoms with Crippen molar-refractivity contribution in [3.63, 3.8) is 0 Å². The Labute approximate surface area is 216 Å². The van der Waals surface area contributed by atoms with E-state index in [-0.39, 0.29) is 19.8 Å². The van der Waals surface area contributed by atoms with Crippen LogP contribution < -0.4 is 0 Å². The van der Waals surface area contributed by atoms with E-state index in [9.17, 15) is 14.4 Å². The molecule has 0 bridgehead atoms. The highest BCUT2D eigenvalue weighted by Crippen LogP contribution is 2.28. The van der Waals surface area contributed by atoms with Crippen LogP contribution in [0.3, 0.4) is 0 Å². The summed E-state index contributed by atoms with van der Waals surface area (Å²) in [7, 11) is 0. The minimum atomic E-state index is -1.01. The summed E-state index contributed by atoms with van der Waals surface area (Å²) < 4.78 is 32.0. The van der Waals surface area contributed by atoms with Crippen LogP contribution in [0.4, 0.5) is 14.4 Å². The largest absolute Gasteiger partial charge is 0.508 e. The zero-order valence-corrected chi connectivity index (χ0v) is 23.1. The second-order valence-corrected chi connectivity index (χ2v) is 10.7. The van der Waals surface area contributed by atoms with Crippen molar-refractivity contribution in [2.75, 3.05) is 19.8 Å². The minimum absolute atomic E-state index is 0.219. The Morgan fingerprint density at radius 3 is 1.25 bits per heavy atom. The Bertz CT molecular complexity index is 595. The highest BCUT2D eigenvalue weighted by atomic mass is 16.8. The van der Waals surface area contributed by atoms with Crippen molar-refractivity contribution in [3.05, 3.63) is 0 Å². The summed E-state index contributed by atoms with van der Waals surface area (Å²) in [6, 6.07) is 0. The second kappa shape index (κ2) is 18.1. The van der Waals surface area contributed by atoms with Gasteiger partial charge in [-0.15, -0.1) is 0 Å². The lowest BCUT2D eigenvalue weighted by molar-refractivity contribution is -0.126. The Balaban J connectivity index is 2.70. The molecule has 1 aliphatic rings. The predicted molar refractivity (Wildman–Crippen MR) is 135 cm³/mol. The quantitative estimate of drug-likeness (QED) is 0.129. The topological polar surface area (TPSA) is 107 Å². The molecule has 0 N–H and O–H groups in total. The normalized spacial score (nSPS) is 19.8. The van der Waals surface area contributed by atoms with E-state index in [0.717, 1.165) is 32.1 Å². The molecule has 0 aliphatic heterocycles. The number of carbonyl (C=O) groups excluding carboxylic acids is 3. The summed E-state index contributed by atoms with van der Waals surface area (Å²) in [5.74, 6) is 1.52. The van der Waals surface area contributed by atoms with Gasteiger partial charge in [0.15, 0.2) is 6.10 Å². The minimum Gasteiger partial charge on any atom is -0.434 e. The third kappa shape index (κ3) is 15.0. The molecule has 2 atom stereocenters. The van der Waals surface area contributed by atoms with Gasteiger partial charge in [0.05, 0.1) is 19.8 Å². The summed E-state index contributed by atoms with van der Waals surface area (Å²) in [6.07, 6.45) is 1.23. The lowest BCUT2D eigenvalue weighted by atomic mass is 9.91. The van der Waals surface area contributed by atoms with Gasteiger partial charge in [0.25, 0.3) is 0 Å². The van der Waals surface area contributed by atoms with Crippen LogP contribution >= 0.6 is 0 Å². The molecule has 0 aromatic rings. The smallest absolute Gasteiger partial charge is 0.434 e. The van der Waals surface area contributed by atoms with E-state index in [4.69, 9.17) is 28.4 Å². The molecule has 0 saturated heterocycles. The van der Waals surface area contributed by atoms with E-state index in [1.807, 2.05) is 0 Å². The molecule has 1 aliphatic carbocycles. The first-order valence-electron chi connectivity index (χ1n) is 13.6. The third-order valence-electron chi connectivity index (χ3n) is 5.87. The zero-order valence-electron chi connectivity index (χ0n) is 23.1. The average Bonchev–Trinajstić information content (AvgIpc) is 2.79. The molecule has 9 heteroatoms. The summed E-state index contributed by atoms with van der Waals surface area (Å²) in [4.78, 5) is 36.9. The van der Waals surface area contributed by atoms with Crippen molar-refractivity contribution in [3.8, 4) is 0 Å². The van der Waals surface area contributed by atoms with Crippen LogP contribution in [0.15, 0.2) is 0 Å². The fourth-order valence-corrected chi connectivity index (χ4v) is 3.89. The van der Waals surface area contributed by atoms with Crippen LogP contribution in [0, 0.1) is 17.8 Å². The van der Waals surface area contributed by atoms with Crippen molar-refractivity contribution in [2.24, 2.45) is 17.8 Å². The molecule has 1 fully saturated rings. The monoisotopic (exact) mass is 516 g/mol. The van der Waals surface area contributed by atoms with Gasteiger partial charge in [-0.3, -0.25) is 0 Å². The number of hydrogen-bond acceptors (Lipinski definition) is 9. The Kier molecular flexibility index (Phi) is 16.0. The van der Waals surface area contributed by atoms with Gasteiger partial charge >= 0.3 is 18.5 Å². The van der Waals surface area contributed by atoms with Crippen LogP contribution in [-0.2, 0) is 28.4 Å². The van der Waals surface area contributed by atoms with Gasteiger partial charge in [-0.2, -0.15) is 0 Å². The summed E-state index contributed by atoms with van der Waals surface area (Å²) >= 11 is 0. The maximum Gasteiger partial charge on any atom is 0.508 e. The van der Waals surface area contributed by atoms with E-state index < -0.39 is 36.8 Å². The van der Waals surface area contributed by atoms with Gasteiger partial charge in [0.1, 0.15) is 12.2 Å². The molecule has 0 radical (unpaired) electrons. The molecule has 0 aromatic heterocycles. The van der Waals surface area contributed by atoms with Crippen LogP contribution in [0.25, 0.3) is 0 Å². The number of rotatable bonds is 15. The molecule has 9 nitrogen and oxygen atoms in total. The molecule has 0 heterocycles. The van der Waals surface area contributed by atoms with E-state index in [1.54, 1.807) is 0 Å². The molecule has 2 unspecified atom stereocenters. The zero-order chi connectivity index (χ0) is 26.9. The van der Waals surface area contributed by atoms with E-state index in [1.165, 1.54) is 0 Å². The van der Waals surface area contributed by atoms with E-state index in [2.05, 4.69) is 41.5 Å². The van der Waals surface area contributed by atoms with Crippen molar-refractivity contribution >= 4 is 18.5 Å². The summed E-state index contributed by atoms with van der Waals surface area (Å²) in [5, 5.41) is 0. The summed E-state index contributed by atoms with van der Waals surface area (Å²) in [5.41, 5.74) is 0. The Morgan fingerprint density at radius 1 is 0.583 bits per heavy atom. The number of ether oxygens (including phenoxy) is 6. The van der Waals surface area contributed by atoms with Crippen molar-refractivity contribution in [1.29, 1.82) is 0 Å². The highest BCUT2D eigenvalue weighted by molar-refractivity contribution is 5.62. The first-order valence-corrected chi connectivity index (χ1v) is 13.6. The summed E-state index contributed by atoms with van der Waals surface area (Å²) in [6.45, 7) is 13.3. The van der Waals surface area contributed by atoms with E-state index >= 15 is 0 Å². The Hall–Kier alpha value is -2.19. The second-order valence-electron chi connectivity index (χ2n) is 10.7. The van der Waals surface area contributed by atoms with Gasteiger partial charge in [-0.05, 0) is 75.5 Å². The fraction of sp³-hybridized carbons (Fsp3) is 0.889. The first-order chi connectivity index (χ1) is 17.1. The predicted octanol–water partition coefficient (Wildman–Crippen LogP) is 7.04. The Morgan fingerprint density at radius 2 is 0.917 bits per heavy atom. The van der Waals surface area contributed by atoms with Crippen LogP contribution in [-0.4, -0.2) is 56.6 Å². The van der Waals surface area contributed by atoms with E-state index in [0.29, 0.717) is 43.4 Å². The van der Waals surface area contributed by atoms with Crippen LogP contribution in [0.1, 0.15) is 99.3 Å². The maximum absolute atomic E-state index is 12.4. The molecular formula is C27H48O9. The highest BCUT2D eigenvalue weighted by Gasteiger charge is 2.42. The SMILES string of the molecule is CC(C)CCCOC(=O)OC1CCCC(OC(=O)OCCCC(C)C)C1OC(=O)OCCCC(C)C.